The smallest absolute Gasteiger partial charge is 0.258 e. The van der Waals surface area contributed by atoms with Crippen molar-refractivity contribution in [2.24, 2.45) is 17.0 Å². The van der Waals surface area contributed by atoms with Crippen LogP contribution in [0.25, 0.3) is 17.0 Å². The number of amides is 1. The van der Waals surface area contributed by atoms with Crippen LogP contribution in [0.5, 0.6) is 5.88 Å². The Balaban J connectivity index is 1.62. The number of hydrogen-bond acceptors (Lipinski definition) is 5. The number of aliphatic imine (C=N–C) groups is 1. The molecule has 4 aromatic rings. The van der Waals surface area contributed by atoms with Crippen molar-refractivity contribution in [1.29, 1.82) is 0 Å². The summed E-state index contributed by atoms with van der Waals surface area (Å²) in [6, 6.07) is 11.1. The summed E-state index contributed by atoms with van der Waals surface area (Å²) in [6.07, 6.45) is 6.52. The molecule has 0 unspecified atom stereocenters. The molecule has 142 valence electrons. The Hall–Kier alpha value is -4.20. The van der Waals surface area contributed by atoms with Crippen LogP contribution in [0.1, 0.15) is 15.9 Å². The lowest BCUT2D eigenvalue weighted by Gasteiger charge is -2.06. The summed E-state index contributed by atoms with van der Waals surface area (Å²) in [6.45, 7) is 0. The van der Waals surface area contributed by atoms with Gasteiger partial charge in [-0.15, -0.1) is 0 Å². The lowest BCUT2D eigenvalue weighted by Crippen LogP contribution is -2.11. The van der Waals surface area contributed by atoms with Crippen LogP contribution >= 0.6 is 0 Å². The highest BCUT2D eigenvalue weighted by Crippen LogP contribution is 2.33. The molecule has 0 aliphatic carbocycles. The highest BCUT2D eigenvalue weighted by Gasteiger charge is 2.16. The Morgan fingerprint density at radius 2 is 2.17 bits per heavy atom. The molecule has 0 atom stereocenters. The third-order valence-electron chi connectivity index (χ3n) is 4.76. The molecular weight excluding hydrogens is 368 g/mol. The molecule has 1 aliphatic rings. The van der Waals surface area contributed by atoms with E-state index in [1.165, 1.54) is 12.5 Å². The van der Waals surface area contributed by atoms with Gasteiger partial charge < -0.3 is 15.4 Å². The first-order chi connectivity index (χ1) is 14.1. The quantitative estimate of drug-likeness (QED) is 0.503. The van der Waals surface area contributed by atoms with Gasteiger partial charge in [-0.05, 0) is 35.6 Å². The number of anilines is 1. The minimum atomic E-state index is -0.272. The van der Waals surface area contributed by atoms with Gasteiger partial charge in [-0.3, -0.25) is 9.48 Å². The van der Waals surface area contributed by atoms with Gasteiger partial charge >= 0.3 is 0 Å². The van der Waals surface area contributed by atoms with Gasteiger partial charge in [0.15, 0.2) is 5.88 Å². The summed E-state index contributed by atoms with van der Waals surface area (Å²) in [4.78, 5) is 24.0. The number of aromatic nitrogens is 3. The van der Waals surface area contributed by atoms with Crippen LogP contribution in [0.3, 0.4) is 0 Å². The van der Waals surface area contributed by atoms with Gasteiger partial charge in [0.1, 0.15) is 6.34 Å². The van der Waals surface area contributed by atoms with Crippen molar-refractivity contribution in [3.8, 4) is 5.88 Å². The van der Waals surface area contributed by atoms with Gasteiger partial charge in [0.05, 0.1) is 34.0 Å². The molecule has 29 heavy (non-hydrogen) atoms. The van der Waals surface area contributed by atoms with E-state index in [-0.39, 0.29) is 11.8 Å². The fourth-order valence-corrected chi connectivity index (χ4v) is 3.40. The molecule has 5 rings (SSSR count). The van der Waals surface area contributed by atoms with Crippen LogP contribution in [-0.4, -0.2) is 32.1 Å². The van der Waals surface area contributed by atoms with Crippen molar-refractivity contribution in [2.75, 3.05) is 5.32 Å². The molecule has 2 aromatic heterocycles. The number of fused-ring (bicyclic) bond motifs is 2. The largest absolute Gasteiger partial charge is 0.494 e. The maximum atomic E-state index is 12.6. The van der Waals surface area contributed by atoms with Crippen molar-refractivity contribution < 1.29 is 9.90 Å². The van der Waals surface area contributed by atoms with E-state index >= 15 is 0 Å². The molecule has 0 bridgehead atoms. The van der Waals surface area contributed by atoms with Gasteiger partial charge in [-0.2, -0.15) is 5.10 Å². The maximum absolute atomic E-state index is 12.6. The molecule has 0 radical (unpaired) electrons. The first-order valence-electron chi connectivity index (χ1n) is 8.94. The zero-order valence-electron chi connectivity index (χ0n) is 15.4. The van der Waals surface area contributed by atoms with Gasteiger partial charge in [-0.25, -0.2) is 9.98 Å². The van der Waals surface area contributed by atoms with Crippen molar-refractivity contribution in [2.45, 2.75) is 0 Å². The molecule has 3 N–H and O–H groups in total. The second kappa shape index (κ2) is 6.45. The third kappa shape index (κ3) is 2.96. The lowest BCUT2D eigenvalue weighted by molar-refractivity contribution is 0.102. The SMILES string of the molecule is Cn1cc(C(=O)Nc2cccc3[nH]c(O)c(/C=c4\ccc5c(c4)N=CN=5)c23)cn1. The van der Waals surface area contributed by atoms with E-state index in [0.29, 0.717) is 22.3 Å². The Morgan fingerprint density at radius 3 is 3.00 bits per heavy atom. The Morgan fingerprint density at radius 1 is 1.28 bits per heavy atom. The van der Waals surface area contributed by atoms with Crippen LogP contribution in [-0.2, 0) is 7.05 Å². The molecule has 3 heterocycles. The predicted molar refractivity (Wildman–Crippen MR) is 110 cm³/mol. The van der Waals surface area contributed by atoms with E-state index in [1.807, 2.05) is 36.4 Å². The third-order valence-corrected chi connectivity index (χ3v) is 4.76. The van der Waals surface area contributed by atoms with Crippen molar-refractivity contribution in [3.63, 3.8) is 0 Å². The highest BCUT2D eigenvalue weighted by atomic mass is 16.3. The van der Waals surface area contributed by atoms with E-state index < -0.39 is 0 Å². The van der Waals surface area contributed by atoms with E-state index in [1.54, 1.807) is 24.0 Å². The number of hydrogen-bond donors (Lipinski definition) is 3. The van der Waals surface area contributed by atoms with E-state index in [2.05, 4.69) is 25.4 Å². The van der Waals surface area contributed by atoms with Gasteiger partial charge in [0.2, 0.25) is 0 Å². The molecule has 0 spiro atoms. The van der Waals surface area contributed by atoms with E-state index in [9.17, 15) is 9.90 Å². The summed E-state index contributed by atoms with van der Waals surface area (Å²) in [5.74, 6) is -0.248. The van der Waals surface area contributed by atoms with Crippen LogP contribution in [0.15, 0.2) is 58.8 Å². The molecule has 0 saturated carbocycles. The molecule has 1 amide bonds. The molecular formula is C21H16N6O2. The number of aromatic amines is 1. The predicted octanol–water partition coefficient (Wildman–Crippen LogP) is 1.98. The minimum Gasteiger partial charge on any atom is -0.494 e. The Labute approximate surface area is 164 Å². The summed E-state index contributed by atoms with van der Waals surface area (Å²) in [7, 11) is 1.75. The second-order valence-corrected chi connectivity index (χ2v) is 6.74. The first-order valence-corrected chi connectivity index (χ1v) is 8.94. The van der Waals surface area contributed by atoms with Crippen molar-refractivity contribution >= 4 is 40.6 Å². The maximum Gasteiger partial charge on any atom is 0.258 e. The average Bonchev–Trinajstić information content (AvgIpc) is 3.41. The summed E-state index contributed by atoms with van der Waals surface area (Å²) < 4.78 is 1.57. The number of aromatic hydroxyl groups is 1. The summed E-state index contributed by atoms with van der Waals surface area (Å²) in [5.41, 5.74) is 3.12. The monoisotopic (exact) mass is 384 g/mol. The number of benzene rings is 2. The number of rotatable bonds is 3. The fourth-order valence-electron chi connectivity index (χ4n) is 3.40. The van der Waals surface area contributed by atoms with E-state index in [4.69, 9.17) is 0 Å². The van der Waals surface area contributed by atoms with Gasteiger partial charge in [0.25, 0.3) is 5.91 Å². The zero-order chi connectivity index (χ0) is 20.0. The average molecular weight is 384 g/mol. The molecule has 8 nitrogen and oxygen atoms in total. The highest BCUT2D eigenvalue weighted by molar-refractivity contribution is 6.11. The fraction of sp³-hybridized carbons (Fsp3) is 0.0476. The summed E-state index contributed by atoms with van der Waals surface area (Å²) in [5, 5.41) is 19.8. The summed E-state index contributed by atoms with van der Waals surface area (Å²) >= 11 is 0. The number of carbonyl (C=O) groups is 1. The molecule has 8 heteroatoms. The number of nitrogens with zero attached hydrogens (tertiary/aromatic N) is 4. The molecule has 0 fully saturated rings. The molecule has 0 saturated heterocycles. The second-order valence-electron chi connectivity index (χ2n) is 6.74. The van der Waals surface area contributed by atoms with E-state index in [0.717, 1.165) is 21.6 Å². The molecule has 2 aromatic carbocycles. The Kier molecular flexibility index (Phi) is 3.77. The topological polar surface area (TPSA) is 108 Å². The van der Waals surface area contributed by atoms with Crippen molar-refractivity contribution in [3.05, 3.63) is 70.5 Å². The number of nitrogens with one attached hydrogen (secondary N) is 2. The van der Waals surface area contributed by atoms with Crippen LogP contribution in [0.2, 0.25) is 0 Å². The normalized spacial score (nSPS) is 12.9. The number of H-pyrrole nitrogens is 1. The Bertz CT molecular complexity index is 1430. The van der Waals surface area contributed by atoms with Crippen LogP contribution in [0.4, 0.5) is 11.4 Å². The van der Waals surface area contributed by atoms with Gasteiger partial charge in [0, 0.05) is 24.2 Å². The zero-order valence-corrected chi connectivity index (χ0v) is 15.4. The lowest BCUT2D eigenvalue weighted by atomic mass is 10.1. The standard InChI is InChI=1S/C21H16N6O2/c1-27-10-13(9-24-27)20(28)25-16-3-2-4-17-19(16)14(21(29)26-17)7-12-5-6-15-18(8-12)23-11-22-15/h2-11,26,29H,1H3,(H,25,28)/b12-7+. The number of carbonyl (C=O) groups excluding carboxylic acids is 1. The van der Waals surface area contributed by atoms with Crippen molar-refractivity contribution in [1.82, 2.24) is 14.8 Å². The number of aryl methyl sites for hydroxylation is 1. The van der Waals surface area contributed by atoms with Crippen LogP contribution < -0.4 is 15.9 Å². The molecule has 1 aliphatic heterocycles. The first kappa shape index (κ1) is 16.9. The minimum absolute atomic E-state index is 0.0248. The van der Waals surface area contributed by atoms with Gasteiger partial charge in [-0.1, -0.05) is 12.1 Å². The van der Waals surface area contributed by atoms with Crippen LogP contribution in [0, 0.1) is 0 Å².